The lowest BCUT2D eigenvalue weighted by Crippen LogP contribution is -2.26. The normalized spacial score (nSPS) is 12.2. The number of aryl methyl sites for hydroxylation is 1. The second kappa shape index (κ2) is 8.75. The van der Waals surface area contributed by atoms with Crippen molar-refractivity contribution in [3.63, 3.8) is 0 Å². The minimum Gasteiger partial charge on any atom is -0.341 e. The predicted molar refractivity (Wildman–Crippen MR) is 84.4 cm³/mol. The molecule has 0 saturated heterocycles. The van der Waals surface area contributed by atoms with Crippen LogP contribution in [0.25, 0.3) is 0 Å². The van der Waals surface area contributed by atoms with Gasteiger partial charge in [0.15, 0.2) is 0 Å². The summed E-state index contributed by atoms with van der Waals surface area (Å²) in [6.07, 6.45) is 3.59. The van der Waals surface area contributed by atoms with Crippen LogP contribution in [0.15, 0.2) is 24.3 Å². The van der Waals surface area contributed by atoms with E-state index in [1.165, 1.54) is 11.1 Å². The monoisotopic (exact) mass is 276 g/mol. The highest BCUT2D eigenvalue weighted by atomic mass is 16.2. The number of amides is 1. The Labute approximate surface area is 123 Å². The summed E-state index contributed by atoms with van der Waals surface area (Å²) < 4.78 is 0. The van der Waals surface area contributed by atoms with E-state index in [2.05, 4.69) is 38.1 Å². The van der Waals surface area contributed by atoms with Crippen molar-refractivity contribution in [2.75, 3.05) is 13.6 Å². The van der Waals surface area contributed by atoms with Crippen molar-refractivity contribution in [2.24, 2.45) is 11.7 Å². The van der Waals surface area contributed by atoms with E-state index in [1.807, 2.05) is 11.9 Å². The molecule has 1 unspecified atom stereocenters. The van der Waals surface area contributed by atoms with Gasteiger partial charge in [-0.15, -0.1) is 0 Å². The molecule has 0 fully saturated rings. The second-order valence-electron chi connectivity index (χ2n) is 5.64. The first-order valence-corrected chi connectivity index (χ1v) is 7.58. The lowest BCUT2D eigenvalue weighted by Gasteiger charge is -2.18. The molecule has 0 aromatic heterocycles. The number of rotatable bonds is 8. The Balaban J connectivity index is 2.40. The SMILES string of the molecule is CCc1ccc(CN(C)C(=O)CCC(C)CCN)cc1. The fraction of sp³-hybridized carbons (Fsp3) is 0.588. The smallest absolute Gasteiger partial charge is 0.222 e. The minimum atomic E-state index is 0.216. The summed E-state index contributed by atoms with van der Waals surface area (Å²) in [5.41, 5.74) is 8.05. The Morgan fingerprint density at radius 2 is 1.80 bits per heavy atom. The topological polar surface area (TPSA) is 46.3 Å². The summed E-state index contributed by atoms with van der Waals surface area (Å²) in [5, 5.41) is 0. The number of nitrogens with zero attached hydrogens (tertiary/aromatic N) is 1. The van der Waals surface area contributed by atoms with Gasteiger partial charge in [-0.05, 0) is 42.9 Å². The number of hydrogen-bond acceptors (Lipinski definition) is 2. The number of nitrogens with two attached hydrogens (primary N) is 1. The van der Waals surface area contributed by atoms with Gasteiger partial charge in [0.05, 0.1) is 0 Å². The molecular formula is C17H28N2O. The standard InChI is InChI=1S/C17H28N2O/c1-4-15-6-8-16(9-7-15)13-19(3)17(20)10-5-14(2)11-12-18/h6-9,14H,4-5,10-13,18H2,1-3H3. The van der Waals surface area contributed by atoms with Gasteiger partial charge in [0, 0.05) is 20.0 Å². The van der Waals surface area contributed by atoms with Crippen molar-refractivity contribution < 1.29 is 4.79 Å². The van der Waals surface area contributed by atoms with Gasteiger partial charge < -0.3 is 10.6 Å². The molecule has 1 atom stereocenters. The molecule has 1 aromatic carbocycles. The lowest BCUT2D eigenvalue weighted by atomic mass is 10.0. The van der Waals surface area contributed by atoms with Crippen LogP contribution in [0.2, 0.25) is 0 Å². The Morgan fingerprint density at radius 1 is 1.20 bits per heavy atom. The predicted octanol–water partition coefficient (Wildman–Crippen LogP) is 2.97. The van der Waals surface area contributed by atoms with E-state index < -0.39 is 0 Å². The van der Waals surface area contributed by atoms with Gasteiger partial charge in [-0.1, -0.05) is 38.1 Å². The quantitative estimate of drug-likeness (QED) is 0.793. The van der Waals surface area contributed by atoms with Crippen molar-refractivity contribution >= 4 is 5.91 Å². The third-order valence-electron chi connectivity index (χ3n) is 3.79. The van der Waals surface area contributed by atoms with Gasteiger partial charge in [0.25, 0.3) is 0 Å². The maximum Gasteiger partial charge on any atom is 0.222 e. The fourth-order valence-corrected chi connectivity index (χ4v) is 2.23. The molecule has 3 nitrogen and oxygen atoms in total. The average molecular weight is 276 g/mol. The first-order valence-electron chi connectivity index (χ1n) is 7.58. The van der Waals surface area contributed by atoms with E-state index in [0.29, 0.717) is 25.4 Å². The maximum absolute atomic E-state index is 12.1. The van der Waals surface area contributed by atoms with Crippen LogP contribution in [0.4, 0.5) is 0 Å². The van der Waals surface area contributed by atoms with Crippen LogP contribution in [-0.4, -0.2) is 24.4 Å². The molecule has 1 rings (SSSR count). The van der Waals surface area contributed by atoms with E-state index in [1.54, 1.807) is 0 Å². The molecule has 0 spiro atoms. The molecule has 0 aliphatic heterocycles. The molecule has 112 valence electrons. The Bertz CT molecular complexity index is 400. The Morgan fingerprint density at radius 3 is 2.35 bits per heavy atom. The molecule has 0 saturated carbocycles. The molecule has 3 heteroatoms. The molecule has 0 bridgehead atoms. The molecule has 1 aromatic rings. The molecule has 20 heavy (non-hydrogen) atoms. The summed E-state index contributed by atoms with van der Waals surface area (Å²) in [6, 6.07) is 8.49. The van der Waals surface area contributed by atoms with Crippen LogP contribution in [0.1, 0.15) is 44.2 Å². The van der Waals surface area contributed by atoms with E-state index in [4.69, 9.17) is 5.73 Å². The molecule has 0 aliphatic carbocycles. The van der Waals surface area contributed by atoms with Crippen LogP contribution in [0, 0.1) is 5.92 Å². The zero-order valence-electron chi connectivity index (χ0n) is 13.1. The van der Waals surface area contributed by atoms with Gasteiger partial charge >= 0.3 is 0 Å². The van der Waals surface area contributed by atoms with Crippen molar-refractivity contribution in [1.82, 2.24) is 4.90 Å². The molecular weight excluding hydrogens is 248 g/mol. The minimum absolute atomic E-state index is 0.216. The largest absolute Gasteiger partial charge is 0.341 e. The fourth-order valence-electron chi connectivity index (χ4n) is 2.23. The summed E-state index contributed by atoms with van der Waals surface area (Å²) in [7, 11) is 1.88. The second-order valence-corrected chi connectivity index (χ2v) is 5.64. The van der Waals surface area contributed by atoms with Gasteiger partial charge in [0.2, 0.25) is 5.91 Å². The highest BCUT2D eigenvalue weighted by Crippen LogP contribution is 2.12. The first kappa shape index (κ1) is 16.7. The van der Waals surface area contributed by atoms with Gasteiger partial charge in [0.1, 0.15) is 0 Å². The third-order valence-corrected chi connectivity index (χ3v) is 3.79. The van der Waals surface area contributed by atoms with Gasteiger partial charge in [-0.3, -0.25) is 4.79 Å². The molecule has 2 N–H and O–H groups in total. The zero-order chi connectivity index (χ0) is 15.0. The van der Waals surface area contributed by atoms with Crippen LogP contribution >= 0.6 is 0 Å². The van der Waals surface area contributed by atoms with E-state index in [-0.39, 0.29) is 5.91 Å². The Hall–Kier alpha value is -1.35. The number of benzene rings is 1. The van der Waals surface area contributed by atoms with Crippen molar-refractivity contribution in [2.45, 2.75) is 46.1 Å². The number of carbonyl (C=O) groups is 1. The van der Waals surface area contributed by atoms with Crippen molar-refractivity contribution in [3.8, 4) is 0 Å². The van der Waals surface area contributed by atoms with E-state index in [0.717, 1.165) is 19.3 Å². The van der Waals surface area contributed by atoms with Crippen LogP contribution in [-0.2, 0) is 17.8 Å². The van der Waals surface area contributed by atoms with E-state index in [9.17, 15) is 4.79 Å². The van der Waals surface area contributed by atoms with Gasteiger partial charge in [-0.25, -0.2) is 0 Å². The third kappa shape index (κ3) is 5.74. The molecule has 0 heterocycles. The highest BCUT2D eigenvalue weighted by molar-refractivity contribution is 5.75. The summed E-state index contributed by atoms with van der Waals surface area (Å²) in [4.78, 5) is 13.9. The maximum atomic E-state index is 12.1. The zero-order valence-corrected chi connectivity index (χ0v) is 13.1. The summed E-state index contributed by atoms with van der Waals surface area (Å²) >= 11 is 0. The molecule has 0 radical (unpaired) electrons. The average Bonchev–Trinajstić information content (AvgIpc) is 2.45. The number of hydrogen-bond donors (Lipinski definition) is 1. The first-order chi connectivity index (χ1) is 9.56. The van der Waals surface area contributed by atoms with Crippen molar-refractivity contribution in [3.05, 3.63) is 35.4 Å². The van der Waals surface area contributed by atoms with E-state index >= 15 is 0 Å². The van der Waals surface area contributed by atoms with Crippen LogP contribution in [0.3, 0.4) is 0 Å². The van der Waals surface area contributed by atoms with Gasteiger partial charge in [-0.2, -0.15) is 0 Å². The number of carbonyl (C=O) groups excluding carboxylic acids is 1. The Kier molecular flexibility index (Phi) is 7.31. The van der Waals surface area contributed by atoms with Crippen molar-refractivity contribution in [1.29, 1.82) is 0 Å². The lowest BCUT2D eigenvalue weighted by molar-refractivity contribution is -0.130. The van der Waals surface area contributed by atoms with Crippen LogP contribution < -0.4 is 5.73 Å². The van der Waals surface area contributed by atoms with Crippen LogP contribution in [0.5, 0.6) is 0 Å². The summed E-state index contributed by atoms with van der Waals surface area (Å²) in [6.45, 7) is 5.69. The molecule has 1 amide bonds. The highest BCUT2D eigenvalue weighted by Gasteiger charge is 2.11. The summed E-state index contributed by atoms with van der Waals surface area (Å²) in [5.74, 6) is 0.745. The molecule has 0 aliphatic rings.